The van der Waals surface area contributed by atoms with Crippen LogP contribution in [0.15, 0.2) is 35.8 Å². The van der Waals surface area contributed by atoms with Gasteiger partial charge in [0.1, 0.15) is 0 Å². The number of halogens is 2. The van der Waals surface area contributed by atoms with Gasteiger partial charge in [0.2, 0.25) is 0 Å². The first-order valence-electron chi connectivity index (χ1n) is 4.99. The number of rotatable bonds is 4. The zero-order valence-corrected chi connectivity index (χ0v) is 11.7. The maximum Gasteiger partial charge on any atom is 0.0931 e. The highest BCUT2D eigenvalue weighted by molar-refractivity contribution is 9.09. The molecule has 0 aliphatic heterocycles. The normalized spacial score (nSPS) is 12.6. The molecule has 1 atom stereocenters. The topological polar surface area (TPSA) is 12.9 Å². The van der Waals surface area contributed by atoms with Crippen LogP contribution in [0, 0.1) is 0 Å². The van der Waals surface area contributed by atoms with Crippen molar-refractivity contribution in [3.05, 3.63) is 51.4 Å². The average Bonchev–Trinajstić information content (AvgIpc) is 2.80. The summed E-state index contributed by atoms with van der Waals surface area (Å²) in [6, 6.07) is 8.05. The van der Waals surface area contributed by atoms with Crippen molar-refractivity contribution in [2.24, 2.45) is 0 Å². The van der Waals surface area contributed by atoms with Crippen molar-refractivity contribution in [3.63, 3.8) is 0 Å². The minimum Gasteiger partial charge on any atom is -0.250 e. The first kappa shape index (κ1) is 12.1. The average molecular weight is 317 g/mol. The lowest BCUT2D eigenvalue weighted by molar-refractivity contribution is 0.770. The van der Waals surface area contributed by atoms with Crippen molar-refractivity contribution in [1.82, 2.24) is 4.98 Å². The second-order valence-corrected chi connectivity index (χ2v) is 5.60. The minimum atomic E-state index is 0.461. The molecule has 2 rings (SSSR count). The van der Waals surface area contributed by atoms with Gasteiger partial charge in [-0.2, -0.15) is 0 Å². The molecule has 1 heterocycles. The lowest BCUT2D eigenvalue weighted by atomic mass is 9.98. The molecule has 1 aromatic carbocycles. The van der Waals surface area contributed by atoms with Crippen molar-refractivity contribution in [3.8, 4) is 0 Å². The molecule has 0 aliphatic carbocycles. The fraction of sp³-hybridized carbons (Fsp3) is 0.250. The van der Waals surface area contributed by atoms with E-state index in [1.807, 2.05) is 23.7 Å². The number of benzene rings is 1. The fourth-order valence-corrected chi connectivity index (χ4v) is 2.99. The third kappa shape index (κ3) is 3.06. The van der Waals surface area contributed by atoms with Crippen LogP contribution < -0.4 is 0 Å². The van der Waals surface area contributed by atoms with E-state index in [9.17, 15) is 0 Å². The van der Waals surface area contributed by atoms with Gasteiger partial charge < -0.3 is 0 Å². The zero-order chi connectivity index (χ0) is 11.4. The molecule has 1 nitrogen and oxygen atoms in total. The molecule has 4 heteroatoms. The van der Waals surface area contributed by atoms with Gasteiger partial charge in [-0.25, -0.2) is 4.98 Å². The molecule has 1 unspecified atom stereocenters. The van der Waals surface area contributed by atoms with Crippen LogP contribution in [0.1, 0.15) is 16.5 Å². The summed E-state index contributed by atoms with van der Waals surface area (Å²) in [6.07, 6.45) is 2.83. The third-order valence-corrected chi connectivity index (χ3v) is 4.27. The van der Waals surface area contributed by atoms with Crippen LogP contribution in [0.4, 0.5) is 0 Å². The van der Waals surface area contributed by atoms with E-state index in [4.69, 9.17) is 11.6 Å². The summed E-state index contributed by atoms with van der Waals surface area (Å²) in [7, 11) is 0. The smallest absolute Gasteiger partial charge is 0.0931 e. The Morgan fingerprint density at radius 2 is 2.06 bits per heavy atom. The number of thiazole rings is 1. The van der Waals surface area contributed by atoms with Crippen LogP contribution in [0.2, 0.25) is 5.02 Å². The lowest BCUT2D eigenvalue weighted by Crippen LogP contribution is -2.04. The summed E-state index contributed by atoms with van der Waals surface area (Å²) in [5, 5.41) is 4.92. The Hall–Kier alpha value is -0.380. The molecule has 0 saturated carbocycles. The van der Waals surface area contributed by atoms with Crippen LogP contribution >= 0.6 is 38.9 Å². The van der Waals surface area contributed by atoms with Gasteiger partial charge in [0.05, 0.1) is 5.01 Å². The highest BCUT2D eigenvalue weighted by atomic mass is 79.9. The van der Waals surface area contributed by atoms with E-state index in [0.717, 1.165) is 16.8 Å². The van der Waals surface area contributed by atoms with Crippen molar-refractivity contribution in [1.29, 1.82) is 0 Å². The standard InChI is InChI=1S/C12H11BrClNS/c13-8-10(7-12-15-5-6-16-12)9-1-3-11(14)4-2-9/h1-6,10H,7-8H2. The summed E-state index contributed by atoms with van der Waals surface area (Å²) in [5.41, 5.74) is 1.30. The Bertz CT molecular complexity index is 427. The van der Waals surface area contributed by atoms with Crippen LogP contribution in [0.5, 0.6) is 0 Å². The van der Waals surface area contributed by atoms with Gasteiger partial charge in [0.15, 0.2) is 0 Å². The number of nitrogens with zero attached hydrogens (tertiary/aromatic N) is 1. The summed E-state index contributed by atoms with van der Waals surface area (Å²) < 4.78 is 0. The molecule has 0 bridgehead atoms. The molecule has 1 aromatic heterocycles. The molecular weight excluding hydrogens is 306 g/mol. The second kappa shape index (κ2) is 5.80. The zero-order valence-electron chi connectivity index (χ0n) is 8.57. The monoisotopic (exact) mass is 315 g/mol. The molecule has 0 amide bonds. The number of hydrogen-bond acceptors (Lipinski definition) is 2. The van der Waals surface area contributed by atoms with Gasteiger partial charge in [0.25, 0.3) is 0 Å². The molecule has 16 heavy (non-hydrogen) atoms. The summed E-state index contributed by atoms with van der Waals surface area (Å²) in [5.74, 6) is 0.461. The van der Waals surface area contributed by atoms with Crippen molar-refractivity contribution in [2.75, 3.05) is 5.33 Å². The third-order valence-electron chi connectivity index (χ3n) is 2.43. The summed E-state index contributed by atoms with van der Waals surface area (Å²) >= 11 is 11.1. The van der Waals surface area contributed by atoms with E-state index < -0.39 is 0 Å². The maximum absolute atomic E-state index is 5.88. The quantitative estimate of drug-likeness (QED) is 0.756. The van der Waals surface area contributed by atoms with E-state index in [2.05, 4.69) is 33.0 Å². The second-order valence-electron chi connectivity index (χ2n) is 3.53. The Morgan fingerprint density at radius 1 is 1.31 bits per heavy atom. The molecular formula is C12H11BrClNS. The van der Waals surface area contributed by atoms with Crippen LogP contribution in [-0.2, 0) is 6.42 Å². The number of hydrogen-bond donors (Lipinski definition) is 0. The van der Waals surface area contributed by atoms with Gasteiger partial charge in [0, 0.05) is 28.4 Å². The van der Waals surface area contributed by atoms with Crippen LogP contribution in [-0.4, -0.2) is 10.3 Å². The van der Waals surface area contributed by atoms with Crippen LogP contribution in [0.3, 0.4) is 0 Å². The van der Waals surface area contributed by atoms with Gasteiger partial charge >= 0.3 is 0 Å². The Balaban J connectivity index is 2.13. The first-order valence-corrected chi connectivity index (χ1v) is 7.37. The number of alkyl halides is 1. The first-order chi connectivity index (χ1) is 7.79. The van der Waals surface area contributed by atoms with E-state index in [-0.39, 0.29) is 0 Å². The molecule has 0 N–H and O–H groups in total. The Kier molecular flexibility index (Phi) is 4.38. The molecule has 2 aromatic rings. The van der Waals surface area contributed by atoms with Crippen molar-refractivity contribution < 1.29 is 0 Å². The molecule has 0 fully saturated rings. The van der Waals surface area contributed by atoms with Gasteiger partial charge in [-0.05, 0) is 23.6 Å². The van der Waals surface area contributed by atoms with Gasteiger partial charge in [-0.3, -0.25) is 0 Å². The van der Waals surface area contributed by atoms with Crippen molar-refractivity contribution >= 4 is 38.9 Å². The molecule has 0 saturated heterocycles. The lowest BCUT2D eigenvalue weighted by Gasteiger charge is -2.12. The summed E-state index contributed by atoms with van der Waals surface area (Å²) in [4.78, 5) is 4.32. The van der Waals surface area contributed by atoms with Crippen LogP contribution in [0.25, 0.3) is 0 Å². The molecule has 0 aliphatic rings. The largest absolute Gasteiger partial charge is 0.250 e. The van der Waals surface area contributed by atoms with E-state index in [1.54, 1.807) is 11.3 Å². The fourth-order valence-electron chi connectivity index (χ4n) is 1.56. The number of aromatic nitrogens is 1. The molecule has 84 valence electrons. The van der Waals surface area contributed by atoms with E-state index in [0.29, 0.717) is 5.92 Å². The SMILES string of the molecule is Clc1ccc(C(CBr)Cc2nccs2)cc1. The van der Waals surface area contributed by atoms with Gasteiger partial charge in [-0.1, -0.05) is 39.7 Å². The maximum atomic E-state index is 5.88. The molecule has 0 spiro atoms. The summed E-state index contributed by atoms with van der Waals surface area (Å²) in [6.45, 7) is 0. The van der Waals surface area contributed by atoms with E-state index in [1.165, 1.54) is 10.6 Å². The Labute approximate surface area is 113 Å². The highest BCUT2D eigenvalue weighted by Gasteiger charge is 2.12. The van der Waals surface area contributed by atoms with E-state index >= 15 is 0 Å². The highest BCUT2D eigenvalue weighted by Crippen LogP contribution is 2.25. The predicted octanol–water partition coefficient (Wildman–Crippen LogP) is 4.52. The van der Waals surface area contributed by atoms with Gasteiger partial charge in [-0.15, -0.1) is 11.3 Å². The molecule has 0 radical (unpaired) electrons. The van der Waals surface area contributed by atoms with Crippen molar-refractivity contribution in [2.45, 2.75) is 12.3 Å². The Morgan fingerprint density at radius 3 is 2.62 bits per heavy atom. The minimum absolute atomic E-state index is 0.461. The predicted molar refractivity (Wildman–Crippen MR) is 73.8 cm³/mol.